The molecule has 0 amide bonds. The van der Waals surface area contributed by atoms with Crippen molar-refractivity contribution >= 4 is 0 Å². The third-order valence-corrected chi connectivity index (χ3v) is 5.05. The van der Waals surface area contributed by atoms with Crippen molar-refractivity contribution in [2.24, 2.45) is 5.92 Å². The zero-order chi connectivity index (χ0) is 14.7. The molecule has 0 spiro atoms. The molecule has 1 aromatic carbocycles. The monoisotopic (exact) mass is 292 g/mol. The number of aryl methyl sites for hydroxylation is 1. The number of nitrogens with zero attached hydrogens (tertiary/aromatic N) is 4. The van der Waals surface area contributed by atoms with Gasteiger partial charge in [0.1, 0.15) is 11.9 Å². The molecule has 22 heavy (non-hydrogen) atoms. The van der Waals surface area contributed by atoms with Gasteiger partial charge in [0.2, 0.25) is 0 Å². The standard InChI is InChI=1S/C17H16N4O/c22-16-13(5-7-20-8-6-19-17(16)20)15-12-4-2-1-3-11(12)14-9-18-10-21(14)15/h1-4,6,8-10,13,15-16,22H,5,7H2/t13-,15?,16+/m0/s1. The summed E-state index contributed by atoms with van der Waals surface area (Å²) >= 11 is 0. The van der Waals surface area contributed by atoms with E-state index in [0.29, 0.717) is 0 Å². The first-order valence-corrected chi connectivity index (χ1v) is 7.65. The van der Waals surface area contributed by atoms with Crippen LogP contribution in [0.15, 0.2) is 49.2 Å². The predicted molar refractivity (Wildman–Crippen MR) is 81.1 cm³/mol. The van der Waals surface area contributed by atoms with Gasteiger partial charge in [0.15, 0.2) is 0 Å². The molecule has 0 saturated carbocycles. The van der Waals surface area contributed by atoms with E-state index in [4.69, 9.17) is 0 Å². The summed E-state index contributed by atoms with van der Waals surface area (Å²) in [6.45, 7) is 0.903. The topological polar surface area (TPSA) is 55.9 Å². The van der Waals surface area contributed by atoms with Gasteiger partial charge in [-0.05, 0) is 12.0 Å². The first kappa shape index (κ1) is 12.2. The fraction of sp³-hybridized carbons (Fsp3) is 0.294. The fourth-order valence-corrected chi connectivity index (χ4v) is 4.05. The van der Waals surface area contributed by atoms with Crippen LogP contribution >= 0.6 is 0 Å². The van der Waals surface area contributed by atoms with E-state index >= 15 is 0 Å². The lowest BCUT2D eigenvalue weighted by molar-refractivity contribution is 0.0514. The van der Waals surface area contributed by atoms with Gasteiger partial charge < -0.3 is 14.2 Å². The maximum atomic E-state index is 10.8. The highest BCUT2D eigenvalue weighted by Crippen LogP contribution is 2.48. The van der Waals surface area contributed by atoms with Crippen molar-refractivity contribution in [3.63, 3.8) is 0 Å². The minimum absolute atomic E-state index is 0.117. The number of aromatic nitrogens is 4. The molecule has 3 atom stereocenters. The van der Waals surface area contributed by atoms with Gasteiger partial charge in [0.25, 0.3) is 0 Å². The molecule has 1 unspecified atom stereocenters. The first-order valence-electron chi connectivity index (χ1n) is 7.65. The van der Waals surface area contributed by atoms with Gasteiger partial charge in [-0.3, -0.25) is 0 Å². The second-order valence-electron chi connectivity index (χ2n) is 6.09. The molecule has 2 aromatic heterocycles. The van der Waals surface area contributed by atoms with E-state index in [2.05, 4.69) is 43.4 Å². The van der Waals surface area contributed by atoms with E-state index < -0.39 is 6.10 Å². The van der Waals surface area contributed by atoms with Crippen LogP contribution in [0.25, 0.3) is 11.3 Å². The van der Waals surface area contributed by atoms with E-state index in [1.165, 1.54) is 11.1 Å². The molecular weight excluding hydrogens is 276 g/mol. The van der Waals surface area contributed by atoms with Crippen LogP contribution in [0, 0.1) is 5.92 Å². The lowest BCUT2D eigenvalue weighted by atomic mass is 9.84. The maximum absolute atomic E-state index is 10.8. The number of aliphatic hydroxyl groups is 1. The highest BCUT2D eigenvalue weighted by atomic mass is 16.3. The number of rotatable bonds is 1. The van der Waals surface area contributed by atoms with Gasteiger partial charge in [-0.15, -0.1) is 0 Å². The second kappa shape index (κ2) is 4.30. The van der Waals surface area contributed by atoms with Gasteiger partial charge in [-0.25, -0.2) is 9.97 Å². The first-order chi connectivity index (χ1) is 10.8. The summed E-state index contributed by atoms with van der Waals surface area (Å²) in [5.41, 5.74) is 3.65. The lowest BCUT2D eigenvalue weighted by Crippen LogP contribution is -2.31. The Balaban J connectivity index is 1.65. The zero-order valence-corrected chi connectivity index (χ0v) is 12.0. The highest BCUT2D eigenvalue weighted by Gasteiger charge is 2.41. The summed E-state index contributed by atoms with van der Waals surface area (Å²) in [5, 5.41) is 10.8. The molecule has 110 valence electrons. The Morgan fingerprint density at radius 1 is 1.23 bits per heavy atom. The van der Waals surface area contributed by atoms with Crippen LogP contribution in [-0.2, 0) is 6.54 Å². The van der Waals surface area contributed by atoms with Gasteiger partial charge >= 0.3 is 0 Å². The average molecular weight is 292 g/mol. The molecule has 5 rings (SSSR count). The van der Waals surface area contributed by atoms with Crippen molar-refractivity contribution in [2.45, 2.75) is 25.1 Å². The molecular formula is C17H16N4O. The normalized spacial score (nSPS) is 25.6. The fourth-order valence-electron chi connectivity index (χ4n) is 4.05. The Hall–Kier alpha value is -2.40. The number of hydrogen-bond donors (Lipinski definition) is 1. The number of fused-ring (bicyclic) bond motifs is 4. The molecule has 0 bridgehead atoms. The number of hydrogen-bond acceptors (Lipinski definition) is 3. The van der Waals surface area contributed by atoms with Crippen molar-refractivity contribution in [3.05, 3.63) is 60.6 Å². The van der Waals surface area contributed by atoms with Crippen LogP contribution in [-0.4, -0.2) is 24.2 Å². The molecule has 3 aromatic rings. The summed E-state index contributed by atoms with van der Waals surface area (Å²) in [7, 11) is 0. The number of imidazole rings is 2. The predicted octanol–water partition coefficient (Wildman–Crippen LogP) is 2.40. The lowest BCUT2D eigenvalue weighted by Gasteiger charge is -2.34. The summed E-state index contributed by atoms with van der Waals surface area (Å²) in [4.78, 5) is 8.65. The molecule has 5 nitrogen and oxygen atoms in total. The van der Waals surface area contributed by atoms with Crippen LogP contribution < -0.4 is 0 Å². The number of benzene rings is 1. The molecule has 0 fully saturated rings. The molecule has 0 radical (unpaired) electrons. The molecule has 5 heteroatoms. The van der Waals surface area contributed by atoms with E-state index in [0.717, 1.165) is 24.5 Å². The molecule has 0 aliphatic carbocycles. The summed E-state index contributed by atoms with van der Waals surface area (Å²) < 4.78 is 4.26. The third kappa shape index (κ3) is 1.46. The zero-order valence-electron chi connectivity index (χ0n) is 12.0. The highest BCUT2D eigenvalue weighted by molar-refractivity contribution is 5.69. The smallest absolute Gasteiger partial charge is 0.138 e. The minimum Gasteiger partial charge on any atom is -0.385 e. The van der Waals surface area contributed by atoms with Gasteiger partial charge in [0, 0.05) is 30.4 Å². The Labute approximate surface area is 127 Å². The molecule has 2 aliphatic rings. The minimum atomic E-state index is -0.546. The molecule has 0 saturated heterocycles. The number of aliphatic hydroxyl groups excluding tert-OH is 1. The van der Waals surface area contributed by atoms with Crippen LogP contribution in [0.1, 0.15) is 30.0 Å². The SMILES string of the molecule is O[C@H]1c2nccn2CC[C@H]1C1c2ccccc2-c2cncn21. The van der Waals surface area contributed by atoms with Crippen LogP contribution in [0.4, 0.5) is 0 Å². The Bertz CT molecular complexity index is 850. The van der Waals surface area contributed by atoms with Crippen LogP contribution in [0.3, 0.4) is 0 Å². The quantitative estimate of drug-likeness (QED) is 0.749. The van der Waals surface area contributed by atoms with Crippen molar-refractivity contribution in [1.29, 1.82) is 0 Å². The van der Waals surface area contributed by atoms with Crippen molar-refractivity contribution < 1.29 is 5.11 Å². The van der Waals surface area contributed by atoms with Crippen molar-refractivity contribution in [2.75, 3.05) is 0 Å². The summed E-state index contributed by atoms with van der Waals surface area (Å²) in [5.74, 6) is 0.897. The summed E-state index contributed by atoms with van der Waals surface area (Å²) in [6, 6.07) is 8.57. The average Bonchev–Trinajstić information content (AvgIpc) is 3.23. The van der Waals surface area contributed by atoms with Crippen LogP contribution in [0.2, 0.25) is 0 Å². The van der Waals surface area contributed by atoms with E-state index in [-0.39, 0.29) is 12.0 Å². The second-order valence-corrected chi connectivity index (χ2v) is 6.09. The van der Waals surface area contributed by atoms with E-state index in [1.54, 1.807) is 6.20 Å². The molecule has 1 N–H and O–H groups in total. The van der Waals surface area contributed by atoms with Crippen molar-refractivity contribution in [1.82, 2.24) is 19.1 Å². The van der Waals surface area contributed by atoms with Gasteiger partial charge in [-0.1, -0.05) is 24.3 Å². The van der Waals surface area contributed by atoms with E-state index in [9.17, 15) is 5.11 Å². The molecule has 2 aliphatic heterocycles. The van der Waals surface area contributed by atoms with Crippen LogP contribution in [0.5, 0.6) is 0 Å². The van der Waals surface area contributed by atoms with E-state index in [1.807, 2.05) is 18.7 Å². The largest absolute Gasteiger partial charge is 0.385 e. The Kier molecular flexibility index (Phi) is 2.38. The molecule has 4 heterocycles. The maximum Gasteiger partial charge on any atom is 0.138 e. The third-order valence-electron chi connectivity index (χ3n) is 5.05. The Morgan fingerprint density at radius 2 is 2.14 bits per heavy atom. The van der Waals surface area contributed by atoms with Gasteiger partial charge in [-0.2, -0.15) is 0 Å². The van der Waals surface area contributed by atoms with Gasteiger partial charge in [0.05, 0.1) is 24.3 Å². The Morgan fingerprint density at radius 3 is 3.09 bits per heavy atom. The van der Waals surface area contributed by atoms with Crippen molar-refractivity contribution in [3.8, 4) is 11.3 Å². The summed E-state index contributed by atoms with van der Waals surface area (Å²) in [6.07, 6.45) is 7.89.